The van der Waals surface area contributed by atoms with Crippen molar-refractivity contribution in [2.24, 2.45) is 5.73 Å². The summed E-state index contributed by atoms with van der Waals surface area (Å²) in [6.07, 6.45) is 1.62. The Kier molecular flexibility index (Phi) is 7.54. The van der Waals surface area contributed by atoms with Crippen molar-refractivity contribution in [1.29, 1.82) is 0 Å². The number of hydrogen-bond acceptors (Lipinski definition) is 4. The second-order valence-electron chi connectivity index (χ2n) is 2.92. The zero-order chi connectivity index (χ0) is 9.40. The van der Waals surface area contributed by atoms with Gasteiger partial charge in [-0.1, -0.05) is 11.8 Å². The molecule has 0 aromatic rings. The minimum Gasteiger partial charge on any atom is -0.330 e. The second kappa shape index (κ2) is 7.58. The van der Waals surface area contributed by atoms with E-state index >= 15 is 0 Å². The fourth-order valence-corrected chi connectivity index (χ4v) is 1.42. The van der Waals surface area contributed by atoms with Crippen LogP contribution in [-0.2, 0) is 4.79 Å². The topological polar surface area (TPSA) is 46.3 Å². The van der Waals surface area contributed by atoms with Gasteiger partial charge in [0.2, 0.25) is 0 Å². The van der Waals surface area contributed by atoms with Crippen molar-refractivity contribution in [3.63, 3.8) is 0 Å². The lowest BCUT2D eigenvalue weighted by Crippen LogP contribution is -2.14. The van der Waals surface area contributed by atoms with E-state index in [9.17, 15) is 4.79 Å². The minimum absolute atomic E-state index is 0.266. The van der Waals surface area contributed by atoms with Gasteiger partial charge >= 0.3 is 0 Å². The van der Waals surface area contributed by atoms with Crippen molar-refractivity contribution in [1.82, 2.24) is 4.90 Å². The maximum atomic E-state index is 11.1. The Hall–Kier alpha value is -0.0600. The van der Waals surface area contributed by atoms with Crippen LogP contribution in [0.4, 0.5) is 0 Å². The lowest BCUT2D eigenvalue weighted by Gasteiger charge is -2.07. The summed E-state index contributed by atoms with van der Waals surface area (Å²) in [4.78, 5) is 13.2. The van der Waals surface area contributed by atoms with Gasteiger partial charge in [0.25, 0.3) is 0 Å². The van der Waals surface area contributed by atoms with E-state index in [2.05, 4.69) is 4.90 Å². The first-order valence-electron chi connectivity index (χ1n) is 4.17. The van der Waals surface area contributed by atoms with Gasteiger partial charge in [-0.15, -0.1) is 0 Å². The summed E-state index contributed by atoms with van der Waals surface area (Å²) in [5.41, 5.74) is 5.27. The van der Waals surface area contributed by atoms with Gasteiger partial charge in [0.15, 0.2) is 5.12 Å². The Balaban J connectivity index is 3.20. The van der Waals surface area contributed by atoms with Gasteiger partial charge in [0, 0.05) is 18.7 Å². The molecule has 0 radical (unpaired) electrons. The van der Waals surface area contributed by atoms with Crippen LogP contribution in [0.3, 0.4) is 0 Å². The van der Waals surface area contributed by atoms with Gasteiger partial charge in [0.05, 0.1) is 0 Å². The molecule has 0 aromatic heterocycles. The molecule has 4 heteroatoms. The largest absolute Gasteiger partial charge is 0.330 e. The van der Waals surface area contributed by atoms with E-state index in [0.29, 0.717) is 13.0 Å². The third kappa shape index (κ3) is 8.04. The molecule has 0 atom stereocenters. The average molecular weight is 190 g/mol. The smallest absolute Gasteiger partial charge is 0.189 e. The monoisotopic (exact) mass is 190 g/mol. The Bertz CT molecular complexity index is 128. The summed E-state index contributed by atoms with van der Waals surface area (Å²) >= 11 is 1.35. The van der Waals surface area contributed by atoms with E-state index < -0.39 is 0 Å². The molecule has 72 valence electrons. The Morgan fingerprint density at radius 3 is 2.67 bits per heavy atom. The zero-order valence-electron chi connectivity index (χ0n) is 7.88. The lowest BCUT2D eigenvalue weighted by molar-refractivity contribution is -0.111. The lowest BCUT2D eigenvalue weighted by atomic mass is 10.3. The number of thioether (sulfide) groups is 1. The highest BCUT2D eigenvalue weighted by Crippen LogP contribution is 2.06. The van der Waals surface area contributed by atoms with Crippen LogP contribution in [0.2, 0.25) is 0 Å². The number of nitrogens with zero attached hydrogens (tertiary/aromatic N) is 1. The first-order valence-corrected chi connectivity index (χ1v) is 5.15. The summed E-state index contributed by atoms with van der Waals surface area (Å²) < 4.78 is 0. The van der Waals surface area contributed by atoms with Gasteiger partial charge in [-0.2, -0.15) is 0 Å². The normalized spacial score (nSPS) is 10.7. The van der Waals surface area contributed by atoms with Crippen LogP contribution in [-0.4, -0.2) is 43.0 Å². The predicted molar refractivity (Wildman–Crippen MR) is 54.3 cm³/mol. The average Bonchev–Trinajstić information content (AvgIpc) is 2.00. The van der Waals surface area contributed by atoms with Crippen molar-refractivity contribution < 1.29 is 4.79 Å². The van der Waals surface area contributed by atoms with Crippen LogP contribution in [0.5, 0.6) is 0 Å². The van der Waals surface area contributed by atoms with Crippen LogP contribution in [0.15, 0.2) is 0 Å². The summed E-state index contributed by atoms with van der Waals surface area (Å²) in [7, 11) is 4.02. The summed E-state index contributed by atoms with van der Waals surface area (Å²) in [5, 5.41) is 0.266. The fraction of sp³-hybridized carbons (Fsp3) is 0.875. The third-order valence-electron chi connectivity index (χ3n) is 1.37. The fourth-order valence-electron chi connectivity index (χ4n) is 0.785. The minimum atomic E-state index is 0.266. The van der Waals surface area contributed by atoms with E-state index in [-0.39, 0.29) is 5.12 Å². The zero-order valence-corrected chi connectivity index (χ0v) is 8.69. The molecule has 0 unspecified atom stereocenters. The van der Waals surface area contributed by atoms with Crippen molar-refractivity contribution >= 4 is 16.9 Å². The molecule has 0 aromatic carbocycles. The van der Waals surface area contributed by atoms with E-state index in [1.807, 2.05) is 14.1 Å². The first-order chi connectivity index (χ1) is 5.66. The van der Waals surface area contributed by atoms with E-state index in [1.54, 1.807) is 0 Å². The molecule has 0 saturated carbocycles. The molecule has 0 saturated heterocycles. The number of hydrogen-bond donors (Lipinski definition) is 1. The van der Waals surface area contributed by atoms with Gasteiger partial charge < -0.3 is 10.6 Å². The van der Waals surface area contributed by atoms with Gasteiger partial charge in [-0.3, -0.25) is 4.79 Å². The van der Waals surface area contributed by atoms with E-state index in [0.717, 1.165) is 18.7 Å². The van der Waals surface area contributed by atoms with Crippen LogP contribution < -0.4 is 5.73 Å². The molecular formula is C8H18N2OS. The molecule has 0 fully saturated rings. The van der Waals surface area contributed by atoms with E-state index in [1.165, 1.54) is 11.8 Å². The van der Waals surface area contributed by atoms with Crippen molar-refractivity contribution in [2.75, 3.05) is 32.9 Å². The molecule has 0 aliphatic rings. The van der Waals surface area contributed by atoms with Gasteiger partial charge in [-0.05, 0) is 27.1 Å². The van der Waals surface area contributed by atoms with Crippen molar-refractivity contribution in [3.05, 3.63) is 0 Å². The SMILES string of the molecule is CN(C)CCCC(=O)SCCN. The highest BCUT2D eigenvalue weighted by Gasteiger charge is 2.01. The standard InChI is InChI=1S/C8H18N2OS/c1-10(2)6-3-4-8(11)12-7-5-9/h3-7,9H2,1-2H3. The molecule has 12 heavy (non-hydrogen) atoms. The molecule has 3 nitrogen and oxygen atoms in total. The van der Waals surface area contributed by atoms with Crippen LogP contribution in [0, 0.1) is 0 Å². The Morgan fingerprint density at radius 2 is 2.17 bits per heavy atom. The van der Waals surface area contributed by atoms with Crippen LogP contribution in [0.25, 0.3) is 0 Å². The molecule has 0 amide bonds. The molecule has 0 spiro atoms. The highest BCUT2D eigenvalue weighted by molar-refractivity contribution is 8.13. The Labute approximate surface area is 78.7 Å². The molecule has 0 bridgehead atoms. The number of nitrogens with two attached hydrogens (primary N) is 1. The molecule has 2 N–H and O–H groups in total. The number of carbonyl (C=O) groups is 1. The van der Waals surface area contributed by atoms with Crippen molar-refractivity contribution in [2.45, 2.75) is 12.8 Å². The number of carbonyl (C=O) groups excluding carboxylic acids is 1. The molecule has 0 heterocycles. The van der Waals surface area contributed by atoms with Gasteiger partial charge in [-0.25, -0.2) is 0 Å². The highest BCUT2D eigenvalue weighted by atomic mass is 32.2. The predicted octanol–water partition coefficient (Wildman–Crippen LogP) is 0.547. The summed E-state index contributed by atoms with van der Waals surface area (Å²) in [6, 6.07) is 0. The van der Waals surface area contributed by atoms with Crippen LogP contribution >= 0.6 is 11.8 Å². The Morgan fingerprint density at radius 1 is 1.50 bits per heavy atom. The maximum Gasteiger partial charge on any atom is 0.189 e. The summed E-state index contributed by atoms with van der Waals surface area (Å²) in [5.74, 6) is 0.751. The third-order valence-corrected chi connectivity index (χ3v) is 2.33. The van der Waals surface area contributed by atoms with Crippen molar-refractivity contribution in [3.8, 4) is 0 Å². The molecule has 0 aliphatic heterocycles. The molecule has 0 aliphatic carbocycles. The molecule has 0 rings (SSSR count). The maximum absolute atomic E-state index is 11.1. The number of rotatable bonds is 6. The van der Waals surface area contributed by atoms with E-state index in [4.69, 9.17) is 5.73 Å². The quantitative estimate of drug-likeness (QED) is 0.664. The summed E-state index contributed by atoms with van der Waals surface area (Å²) in [6.45, 7) is 1.57. The first kappa shape index (κ1) is 11.9. The second-order valence-corrected chi connectivity index (χ2v) is 4.07. The molecular weight excluding hydrogens is 172 g/mol. The van der Waals surface area contributed by atoms with Gasteiger partial charge in [0.1, 0.15) is 0 Å². The van der Waals surface area contributed by atoms with Crippen LogP contribution in [0.1, 0.15) is 12.8 Å².